The van der Waals surface area contributed by atoms with Gasteiger partial charge in [-0.3, -0.25) is 20.2 Å². The van der Waals surface area contributed by atoms with Crippen LogP contribution in [0.5, 0.6) is 0 Å². The lowest BCUT2D eigenvalue weighted by Crippen LogP contribution is -2.57. The standard InChI is InChI=1S/2C25H31ClN6O3/c2*1-14(2)27-10-20(16-4-6-17(26)7-5-16)24(33)31-11-18-8-9-19(12-31)32(18)23-21-15(3)35-25(34)30-22(21)28-13-29-23/h2*4-7,13-15,18-20,27H,8-12H2,1-3H3,(H,28,29,30,34)/t15-,18?,19?,20+;15-,18?,19?,20-/m01/s1. The van der Waals surface area contributed by atoms with Gasteiger partial charge in [0.15, 0.2) is 0 Å². The van der Waals surface area contributed by atoms with Crippen LogP contribution >= 0.6 is 23.2 Å². The minimum absolute atomic E-state index is 0.130. The van der Waals surface area contributed by atoms with Crippen LogP contribution in [0.15, 0.2) is 61.2 Å². The van der Waals surface area contributed by atoms with E-state index in [9.17, 15) is 19.2 Å². The number of halogens is 2. The van der Waals surface area contributed by atoms with Crippen LogP contribution in [-0.2, 0) is 19.1 Å². The molecule has 0 aliphatic carbocycles. The number of cyclic esters (lactones) is 2. The van der Waals surface area contributed by atoms with Gasteiger partial charge in [0.25, 0.3) is 0 Å². The highest BCUT2D eigenvalue weighted by Crippen LogP contribution is 2.44. The lowest BCUT2D eigenvalue weighted by molar-refractivity contribution is -0.134. The molecule has 2 aromatic carbocycles. The van der Waals surface area contributed by atoms with Gasteiger partial charge in [-0.15, -0.1) is 0 Å². The number of likely N-dealkylation sites (tertiary alicyclic amines) is 2. The number of fused-ring (bicyclic) bond motifs is 6. The molecule has 8 atom stereocenters. The molecule has 8 heterocycles. The summed E-state index contributed by atoms with van der Waals surface area (Å²) in [6.45, 7) is 15.6. The number of carbonyl (C=O) groups is 4. The van der Waals surface area contributed by atoms with Crippen molar-refractivity contribution in [3.05, 3.63) is 93.5 Å². The fourth-order valence-corrected chi connectivity index (χ4v) is 11.2. The van der Waals surface area contributed by atoms with E-state index in [-0.39, 0.29) is 59.9 Å². The Bertz CT molecular complexity index is 2370. The molecule has 4 fully saturated rings. The van der Waals surface area contributed by atoms with Crippen molar-refractivity contribution in [2.45, 2.75) is 128 Å². The van der Waals surface area contributed by atoms with Crippen LogP contribution in [0.4, 0.5) is 32.9 Å². The summed E-state index contributed by atoms with van der Waals surface area (Å²) in [5.41, 5.74) is 3.52. The average Bonchev–Trinajstić information content (AvgIpc) is 3.74. The maximum absolute atomic E-state index is 13.8. The fraction of sp³-hybridized carbons (Fsp3) is 0.520. The number of benzene rings is 2. The van der Waals surface area contributed by atoms with Crippen molar-refractivity contribution in [1.82, 2.24) is 40.4 Å². The molecule has 4 bridgehead atoms. The molecule has 2 aromatic heterocycles. The molecule has 4 amide bonds. The zero-order chi connectivity index (χ0) is 49.4. The Balaban J connectivity index is 0.000000174. The summed E-state index contributed by atoms with van der Waals surface area (Å²) in [6, 6.07) is 16.3. The monoisotopic (exact) mass is 996 g/mol. The van der Waals surface area contributed by atoms with Crippen molar-refractivity contribution in [3.63, 3.8) is 0 Å². The number of ether oxygens (including phenoxy) is 2. The van der Waals surface area contributed by atoms with Gasteiger partial charge in [-0.2, -0.15) is 0 Å². The lowest BCUT2D eigenvalue weighted by atomic mass is 9.96. The molecule has 0 saturated carbocycles. The van der Waals surface area contributed by atoms with E-state index in [1.54, 1.807) is 0 Å². The lowest BCUT2D eigenvalue weighted by Gasteiger charge is -2.44. The van der Waals surface area contributed by atoms with E-state index in [0.29, 0.717) is 60.9 Å². The van der Waals surface area contributed by atoms with E-state index in [4.69, 9.17) is 32.7 Å². The number of amides is 4. The summed E-state index contributed by atoms with van der Waals surface area (Å²) in [4.78, 5) is 77.6. The summed E-state index contributed by atoms with van der Waals surface area (Å²) >= 11 is 12.2. The Labute approximate surface area is 418 Å². The normalized spacial score (nSPS) is 24.1. The first-order valence-corrected chi connectivity index (χ1v) is 25.2. The Hall–Kier alpha value is -5.82. The third-order valence-corrected chi connectivity index (χ3v) is 14.7. The number of nitrogens with zero attached hydrogens (tertiary/aromatic N) is 8. The minimum atomic E-state index is -0.503. The van der Waals surface area contributed by atoms with E-state index in [0.717, 1.165) is 59.6 Å². The van der Waals surface area contributed by atoms with Crippen molar-refractivity contribution in [1.29, 1.82) is 0 Å². The molecule has 70 heavy (non-hydrogen) atoms. The quantitative estimate of drug-likeness (QED) is 0.109. The van der Waals surface area contributed by atoms with Crippen molar-refractivity contribution in [3.8, 4) is 0 Å². The second kappa shape index (κ2) is 20.9. The van der Waals surface area contributed by atoms with E-state index < -0.39 is 24.4 Å². The second-order valence-electron chi connectivity index (χ2n) is 19.7. The van der Waals surface area contributed by atoms with Crippen LogP contribution in [0.3, 0.4) is 0 Å². The Kier molecular flexibility index (Phi) is 14.7. The van der Waals surface area contributed by atoms with Crippen molar-refractivity contribution in [2.75, 3.05) is 59.7 Å². The first kappa shape index (κ1) is 49.2. The van der Waals surface area contributed by atoms with Gasteiger partial charge in [0.2, 0.25) is 11.8 Å². The number of hydrogen-bond acceptors (Lipinski definition) is 14. The van der Waals surface area contributed by atoms with Crippen LogP contribution in [0, 0.1) is 0 Å². The largest absolute Gasteiger partial charge is 0.441 e. The predicted molar refractivity (Wildman–Crippen MR) is 268 cm³/mol. The molecular weight excluding hydrogens is 936 g/mol. The number of carbonyl (C=O) groups excluding carboxylic acids is 4. The third kappa shape index (κ3) is 10.3. The summed E-state index contributed by atoms with van der Waals surface area (Å²) < 4.78 is 10.8. The molecule has 4 unspecified atom stereocenters. The second-order valence-corrected chi connectivity index (χ2v) is 20.5. The molecule has 18 nitrogen and oxygen atoms in total. The van der Waals surface area contributed by atoms with Crippen molar-refractivity contribution in [2.24, 2.45) is 0 Å². The average molecular weight is 998 g/mol. The number of nitrogens with one attached hydrogen (secondary N) is 4. The van der Waals surface area contributed by atoms with E-state index in [2.05, 4.69) is 78.7 Å². The molecule has 372 valence electrons. The molecule has 4 saturated heterocycles. The summed E-state index contributed by atoms with van der Waals surface area (Å²) in [6.07, 6.45) is 4.99. The van der Waals surface area contributed by atoms with Gasteiger partial charge >= 0.3 is 12.2 Å². The van der Waals surface area contributed by atoms with Crippen LogP contribution in [0.2, 0.25) is 10.0 Å². The summed E-state index contributed by atoms with van der Waals surface area (Å²) in [7, 11) is 0. The molecule has 4 aromatic rings. The molecule has 4 N–H and O–H groups in total. The SMILES string of the molecule is CC(C)NC[C@@H](C(=O)N1CC2CCC(C1)N2c1ncnc2c1[C@@H](C)OC(=O)N2)c1ccc(Cl)cc1.CC(C)NC[C@@H](C(=O)N1CC2CCC(C1)N2c1ncnc2c1[C@H](C)OC(=O)N2)c1ccc(Cl)cc1. The zero-order valence-electron chi connectivity index (χ0n) is 40.4. The molecule has 20 heteroatoms. The number of anilines is 4. The zero-order valence-corrected chi connectivity index (χ0v) is 41.9. The number of piperazine rings is 2. The van der Waals surface area contributed by atoms with Crippen LogP contribution < -0.4 is 31.1 Å². The molecule has 0 spiro atoms. The fourth-order valence-electron chi connectivity index (χ4n) is 10.9. The van der Waals surface area contributed by atoms with Gasteiger partial charge in [0.1, 0.15) is 48.1 Å². The van der Waals surface area contributed by atoms with Gasteiger partial charge in [-0.25, -0.2) is 29.5 Å². The minimum Gasteiger partial charge on any atom is -0.441 e. The highest BCUT2D eigenvalue weighted by molar-refractivity contribution is 6.30. The number of hydrogen-bond donors (Lipinski definition) is 4. The predicted octanol–water partition coefficient (Wildman–Crippen LogP) is 7.43. The first-order chi connectivity index (χ1) is 33.6. The van der Waals surface area contributed by atoms with Crippen LogP contribution in [0.25, 0.3) is 0 Å². The highest BCUT2D eigenvalue weighted by Gasteiger charge is 2.47. The maximum Gasteiger partial charge on any atom is 0.413 e. The van der Waals surface area contributed by atoms with Crippen LogP contribution in [0.1, 0.15) is 114 Å². The van der Waals surface area contributed by atoms with Gasteiger partial charge in [-0.05, 0) is 74.9 Å². The molecule has 6 aliphatic heterocycles. The first-order valence-electron chi connectivity index (χ1n) is 24.4. The van der Waals surface area contributed by atoms with Gasteiger partial charge in [0, 0.05) is 85.6 Å². The van der Waals surface area contributed by atoms with Gasteiger partial charge < -0.3 is 39.7 Å². The van der Waals surface area contributed by atoms with E-state index in [1.807, 2.05) is 72.2 Å². The maximum atomic E-state index is 13.8. The topological polar surface area (TPSA) is 199 Å². The molecule has 6 aliphatic rings. The van der Waals surface area contributed by atoms with Crippen molar-refractivity contribution < 1.29 is 28.7 Å². The smallest absolute Gasteiger partial charge is 0.413 e. The third-order valence-electron chi connectivity index (χ3n) is 14.2. The van der Waals surface area contributed by atoms with Gasteiger partial charge in [0.05, 0.1) is 23.0 Å². The summed E-state index contributed by atoms with van der Waals surface area (Å²) in [5, 5.41) is 13.6. The van der Waals surface area contributed by atoms with E-state index in [1.165, 1.54) is 12.7 Å². The van der Waals surface area contributed by atoms with Crippen LogP contribution in [-0.4, -0.2) is 129 Å². The molecular formula is C50H62Cl2N12O6. The Morgan fingerprint density at radius 2 is 0.943 bits per heavy atom. The molecule has 10 rings (SSSR count). The number of rotatable bonds is 12. The Morgan fingerprint density at radius 1 is 0.600 bits per heavy atom. The van der Waals surface area contributed by atoms with Crippen molar-refractivity contribution >= 4 is 70.5 Å². The molecule has 0 radical (unpaired) electrons. The van der Waals surface area contributed by atoms with E-state index >= 15 is 0 Å². The number of aromatic nitrogens is 4. The highest BCUT2D eigenvalue weighted by atomic mass is 35.5. The van der Waals surface area contributed by atoms with Gasteiger partial charge in [-0.1, -0.05) is 75.2 Å². The summed E-state index contributed by atoms with van der Waals surface area (Å²) in [5.74, 6) is 2.28. The Morgan fingerprint density at radius 3 is 1.27 bits per heavy atom.